The van der Waals surface area contributed by atoms with Gasteiger partial charge in [-0.25, -0.2) is 0 Å². The van der Waals surface area contributed by atoms with E-state index in [1.165, 1.54) is 49.2 Å². The summed E-state index contributed by atoms with van der Waals surface area (Å²) in [7, 11) is 0. The van der Waals surface area contributed by atoms with Crippen molar-refractivity contribution >= 4 is 71.3 Å². The Bertz CT molecular complexity index is 3240. The smallest absolute Gasteiger partial charge is 0.143 e. The molecular weight excluding hydrogens is 679 g/mol. The lowest BCUT2D eigenvalue weighted by molar-refractivity contribution is 0.670. The fourth-order valence-electron chi connectivity index (χ4n) is 8.64. The standard InChI is InChI=1S/C54H35NO/c1-2-14-36(15-3-1)39-19-12-20-42(34-39)55(41-30-28-38(29-31-41)44-26-13-18-37-16-4-6-21-43(37)44)51-33-32-49(46-23-8-9-24-47(46)51)53-45-22-7-5-17-40(45)35-50-48-25-10-11-27-52(48)56-54(50)53/h1-35H. The third-order valence-electron chi connectivity index (χ3n) is 11.2. The van der Waals surface area contributed by atoms with E-state index in [-0.39, 0.29) is 0 Å². The van der Waals surface area contributed by atoms with Gasteiger partial charge in [-0.15, -0.1) is 0 Å². The predicted octanol–water partition coefficient (Wildman–Crippen LogP) is 15.5. The molecule has 11 aromatic rings. The zero-order chi connectivity index (χ0) is 37.0. The van der Waals surface area contributed by atoms with Crippen LogP contribution >= 0.6 is 0 Å². The molecule has 262 valence electrons. The maximum absolute atomic E-state index is 6.73. The molecule has 0 unspecified atom stereocenters. The second-order valence-corrected chi connectivity index (χ2v) is 14.5. The molecule has 2 heteroatoms. The third kappa shape index (κ3) is 5.26. The maximum Gasteiger partial charge on any atom is 0.143 e. The van der Waals surface area contributed by atoms with Gasteiger partial charge < -0.3 is 9.32 Å². The molecule has 2 nitrogen and oxygen atoms in total. The van der Waals surface area contributed by atoms with Crippen molar-refractivity contribution in [2.75, 3.05) is 4.90 Å². The minimum absolute atomic E-state index is 0.899. The van der Waals surface area contributed by atoms with E-state index < -0.39 is 0 Å². The molecule has 0 saturated carbocycles. The second kappa shape index (κ2) is 13.2. The van der Waals surface area contributed by atoms with Crippen LogP contribution in [0.3, 0.4) is 0 Å². The Hall–Kier alpha value is -7.42. The average Bonchev–Trinajstić information content (AvgIpc) is 3.64. The molecule has 11 rings (SSSR count). The zero-order valence-corrected chi connectivity index (χ0v) is 30.6. The van der Waals surface area contributed by atoms with Gasteiger partial charge in [0, 0.05) is 33.1 Å². The molecule has 10 aromatic carbocycles. The molecule has 0 aliphatic heterocycles. The third-order valence-corrected chi connectivity index (χ3v) is 11.2. The molecule has 0 aliphatic carbocycles. The molecule has 0 amide bonds. The molecule has 0 N–H and O–H groups in total. The number of fused-ring (bicyclic) bond motifs is 6. The van der Waals surface area contributed by atoms with Gasteiger partial charge in [0.25, 0.3) is 0 Å². The van der Waals surface area contributed by atoms with Gasteiger partial charge in [0.15, 0.2) is 0 Å². The van der Waals surface area contributed by atoms with Crippen molar-refractivity contribution in [3.05, 3.63) is 212 Å². The number of furan rings is 1. The first-order valence-corrected chi connectivity index (χ1v) is 19.2. The lowest BCUT2D eigenvalue weighted by Gasteiger charge is -2.28. The Morgan fingerprint density at radius 2 is 0.964 bits per heavy atom. The first-order chi connectivity index (χ1) is 27.8. The van der Waals surface area contributed by atoms with Gasteiger partial charge in [-0.05, 0) is 97.2 Å². The van der Waals surface area contributed by atoms with Gasteiger partial charge in [-0.1, -0.05) is 170 Å². The summed E-state index contributed by atoms with van der Waals surface area (Å²) in [5, 5.41) is 9.45. The summed E-state index contributed by atoms with van der Waals surface area (Å²) in [6, 6.07) is 76.4. The van der Waals surface area contributed by atoms with Gasteiger partial charge in [0.05, 0.1) is 5.69 Å². The van der Waals surface area contributed by atoms with E-state index in [1.807, 2.05) is 6.07 Å². The van der Waals surface area contributed by atoms with Crippen molar-refractivity contribution in [2.24, 2.45) is 0 Å². The molecule has 1 aromatic heterocycles. The summed E-state index contributed by atoms with van der Waals surface area (Å²) in [5.74, 6) is 0. The Morgan fingerprint density at radius 3 is 1.80 bits per heavy atom. The highest BCUT2D eigenvalue weighted by Gasteiger charge is 2.22. The average molecular weight is 714 g/mol. The van der Waals surface area contributed by atoms with Crippen LogP contribution in [0.2, 0.25) is 0 Å². The van der Waals surface area contributed by atoms with Gasteiger partial charge >= 0.3 is 0 Å². The summed E-state index contributed by atoms with van der Waals surface area (Å²) in [5.41, 5.74) is 12.1. The molecule has 0 saturated heterocycles. The van der Waals surface area contributed by atoms with Gasteiger partial charge in [-0.2, -0.15) is 0 Å². The zero-order valence-electron chi connectivity index (χ0n) is 30.6. The number of benzene rings is 10. The monoisotopic (exact) mass is 713 g/mol. The van der Waals surface area contributed by atoms with Gasteiger partial charge in [0.2, 0.25) is 0 Å². The minimum atomic E-state index is 0.899. The summed E-state index contributed by atoms with van der Waals surface area (Å²) >= 11 is 0. The van der Waals surface area contributed by atoms with Crippen LogP contribution in [0.25, 0.3) is 87.6 Å². The molecule has 1 heterocycles. The molecule has 0 atom stereocenters. The number of rotatable bonds is 6. The first-order valence-electron chi connectivity index (χ1n) is 19.2. The molecule has 0 radical (unpaired) electrons. The normalized spacial score (nSPS) is 11.6. The van der Waals surface area contributed by atoms with Crippen LogP contribution in [0.5, 0.6) is 0 Å². The summed E-state index contributed by atoms with van der Waals surface area (Å²) in [6.07, 6.45) is 0. The lowest BCUT2D eigenvalue weighted by atomic mass is 9.91. The summed E-state index contributed by atoms with van der Waals surface area (Å²) < 4.78 is 6.73. The number of nitrogens with zero attached hydrogens (tertiary/aromatic N) is 1. The number of hydrogen-bond donors (Lipinski definition) is 0. The van der Waals surface area contributed by atoms with Crippen LogP contribution in [0, 0.1) is 0 Å². The van der Waals surface area contributed by atoms with E-state index in [4.69, 9.17) is 4.42 Å². The van der Waals surface area contributed by atoms with Crippen molar-refractivity contribution in [3.8, 4) is 33.4 Å². The number of hydrogen-bond acceptors (Lipinski definition) is 2. The van der Waals surface area contributed by atoms with Crippen LogP contribution < -0.4 is 4.90 Å². The van der Waals surface area contributed by atoms with Crippen molar-refractivity contribution in [3.63, 3.8) is 0 Å². The van der Waals surface area contributed by atoms with Crippen molar-refractivity contribution in [1.82, 2.24) is 0 Å². The van der Waals surface area contributed by atoms with Crippen molar-refractivity contribution in [1.29, 1.82) is 0 Å². The highest BCUT2D eigenvalue weighted by molar-refractivity contribution is 6.21. The van der Waals surface area contributed by atoms with Crippen molar-refractivity contribution < 1.29 is 4.42 Å². The van der Waals surface area contributed by atoms with Crippen LogP contribution in [0.4, 0.5) is 17.1 Å². The molecular formula is C54H35NO. The highest BCUT2D eigenvalue weighted by atomic mass is 16.3. The van der Waals surface area contributed by atoms with E-state index in [0.717, 1.165) is 55.5 Å². The second-order valence-electron chi connectivity index (χ2n) is 14.5. The molecule has 0 fully saturated rings. The molecule has 0 spiro atoms. The Balaban J connectivity index is 1.14. The Morgan fingerprint density at radius 1 is 0.321 bits per heavy atom. The van der Waals surface area contributed by atoms with E-state index in [2.05, 4.69) is 211 Å². The van der Waals surface area contributed by atoms with Crippen LogP contribution in [-0.2, 0) is 0 Å². The highest BCUT2D eigenvalue weighted by Crippen LogP contribution is 2.47. The summed E-state index contributed by atoms with van der Waals surface area (Å²) in [4.78, 5) is 2.41. The first kappa shape index (κ1) is 32.0. The Kier molecular flexibility index (Phi) is 7.53. The van der Waals surface area contributed by atoms with Crippen LogP contribution in [-0.4, -0.2) is 0 Å². The van der Waals surface area contributed by atoms with Crippen LogP contribution in [0.15, 0.2) is 217 Å². The summed E-state index contributed by atoms with van der Waals surface area (Å²) in [6.45, 7) is 0. The topological polar surface area (TPSA) is 16.4 Å². The van der Waals surface area contributed by atoms with E-state index >= 15 is 0 Å². The molecule has 0 bridgehead atoms. The Labute approximate surface area is 325 Å². The van der Waals surface area contributed by atoms with Gasteiger partial charge in [-0.3, -0.25) is 0 Å². The minimum Gasteiger partial charge on any atom is -0.455 e. The predicted molar refractivity (Wildman–Crippen MR) is 237 cm³/mol. The fourth-order valence-corrected chi connectivity index (χ4v) is 8.64. The van der Waals surface area contributed by atoms with E-state index in [0.29, 0.717) is 0 Å². The quantitative estimate of drug-likeness (QED) is 0.171. The van der Waals surface area contributed by atoms with Crippen LogP contribution in [0.1, 0.15) is 0 Å². The van der Waals surface area contributed by atoms with Gasteiger partial charge in [0.1, 0.15) is 11.2 Å². The van der Waals surface area contributed by atoms with E-state index in [9.17, 15) is 0 Å². The number of anilines is 3. The van der Waals surface area contributed by atoms with E-state index in [1.54, 1.807) is 0 Å². The molecule has 0 aliphatic rings. The SMILES string of the molecule is c1ccc(-c2cccc(N(c3ccc(-c4cccc5ccccc45)cc3)c3ccc(-c4c5ccccc5cc5c4oc4ccccc45)c4ccccc34)c2)cc1. The maximum atomic E-state index is 6.73. The fraction of sp³-hybridized carbons (Fsp3) is 0. The molecule has 56 heavy (non-hydrogen) atoms. The van der Waals surface area contributed by atoms with Crippen molar-refractivity contribution in [2.45, 2.75) is 0 Å². The largest absolute Gasteiger partial charge is 0.455 e. The number of para-hydroxylation sites is 1. The lowest BCUT2D eigenvalue weighted by Crippen LogP contribution is -2.11.